The first-order valence-electron chi connectivity index (χ1n) is 15.4. The minimum absolute atomic E-state index is 0.0661. The number of alkyl halides is 2. The van der Waals surface area contributed by atoms with Gasteiger partial charge in [-0.15, -0.1) is 0 Å². The first-order valence-corrected chi connectivity index (χ1v) is 15.4. The second-order valence-corrected chi connectivity index (χ2v) is 11.9. The van der Waals surface area contributed by atoms with Crippen LogP contribution in [0.1, 0.15) is 52.6 Å². The van der Waals surface area contributed by atoms with Crippen molar-refractivity contribution in [2.24, 2.45) is 5.92 Å². The number of hydrogen-bond donors (Lipinski definition) is 0. The Hall–Kier alpha value is -4.07. The molecule has 0 aromatic heterocycles. The van der Waals surface area contributed by atoms with E-state index in [1.807, 2.05) is 42.5 Å². The number of methoxy groups -OCH3 is 2. The van der Waals surface area contributed by atoms with Crippen LogP contribution in [-0.2, 0) is 22.0 Å². The molecular formula is C38H38F3NO3. The lowest BCUT2D eigenvalue weighted by Crippen LogP contribution is -2.39. The van der Waals surface area contributed by atoms with Gasteiger partial charge in [-0.05, 0) is 95.1 Å². The van der Waals surface area contributed by atoms with Crippen LogP contribution in [0.5, 0.6) is 5.75 Å². The van der Waals surface area contributed by atoms with E-state index in [2.05, 4.69) is 17.0 Å². The second-order valence-electron chi connectivity index (χ2n) is 11.9. The van der Waals surface area contributed by atoms with E-state index in [9.17, 15) is 4.39 Å². The van der Waals surface area contributed by atoms with Crippen LogP contribution >= 0.6 is 0 Å². The number of rotatable bonds is 9. The predicted octanol–water partition coefficient (Wildman–Crippen LogP) is 9.00. The van der Waals surface area contributed by atoms with Gasteiger partial charge in [0.2, 0.25) is 0 Å². The summed E-state index contributed by atoms with van der Waals surface area (Å²) >= 11 is 0. The topological polar surface area (TPSA) is 30.9 Å². The first-order chi connectivity index (χ1) is 21.8. The lowest BCUT2D eigenvalue weighted by molar-refractivity contribution is -0.141. The molecule has 4 nitrogen and oxygen atoms in total. The largest absolute Gasteiger partial charge is 0.489 e. The van der Waals surface area contributed by atoms with Crippen LogP contribution in [0.25, 0.3) is 11.1 Å². The molecule has 0 atom stereocenters. The normalized spacial score (nSPS) is 16.6. The van der Waals surface area contributed by atoms with Crippen LogP contribution in [0.2, 0.25) is 0 Å². The summed E-state index contributed by atoms with van der Waals surface area (Å²) in [5.74, 6) is -2.81. The van der Waals surface area contributed by atoms with Gasteiger partial charge >= 0.3 is 0 Å². The van der Waals surface area contributed by atoms with Crippen molar-refractivity contribution in [2.75, 3.05) is 32.2 Å². The molecule has 4 aromatic rings. The minimum atomic E-state index is -3.15. The maximum atomic E-state index is 16.0. The van der Waals surface area contributed by atoms with E-state index in [1.165, 1.54) is 18.2 Å². The summed E-state index contributed by atoms with van der Waals surface area (Å²) < 4.78 is 63.1. The summed E-state index contributed by atoms with van der Waals surface area (Å²) in [4.78, 5) is 2.33. The van der Waals surface area contributed by atoms with E-state index in [0.717, 1.165) is 48.3 Å². The Kier molecular flexibility index (Phi) is 9.02. The Morgan fingerprint density at radius 3 is 2.20 bits per heavy atom. The van der Waals surface area contributed by atoms with Gasteiger partial charge in [-0.2, -0.15) is 0 Å². The molecule has 7 heteroatoms. The van der Waals surface area contributed by atoms with E-state index in [0.29, 0.717) is 33.9 Å². The van der Waals surface area contributed by atoms with Crippen LogP contribution in [0, 0.1) is 18.7 Å². The number of hydrogen-bond acceptors (Lipinski definition) is 4. The standard InChI is InChI=1S/C38H38F3NO3/c1-25-21-29(39)11-15-32(25)34-23-38(40,41)35-22-31(45-24-26-7-5-4-6-8-26)14-16-33(35)36(34)27-9-12-30(13-10-27)42-19-17-28(18-20-42)37(43-2)44-3/h4-16,21-22,28,37H,17-20,23-24H2,1-3H3. The highest BCUT2D eigenvalue weighted by Crippen LogP contribution is 2.51. The van der Waals surface area contributed by atoms with Crippen LogP contribution < -0.4 is 9.64 Å². The van der Waals surface area contributed by atoms with Crippen molar-refractivity contribution in [3.05, 3.63) is 130 Å². The van der Waals surface area contributed by atoms with Crippen molar-refractivity contribution in [1.82, 2.24) is 0 Å². The van der Waals surface area contributed by atoms with Crippen LogP contribution in [-0.4, -0.2) is 33.6 Å². The van der Waals surface area contributed by atoms with Gasteiger partial charge in [0.25, 0.3) is 5.92 Å². The quantitative estimate of drug-likeness (QED) is 0.176. The molecule has 0 radical (unpaired) electrons. The molecule has 1 heterocycles. The SMILES string of the molecule is COC(OC)C1CCN(c2ccc(C3=C(c4ccc(F)cc4C)CC(F)(F)c4cc(OCc5ccccc5)ccc43)cc2)CC1. The van der Waals surface area contributed by atoms with E-state index >= 15 is 8.78 Å². The lowest BCUT2D eigenvalue weighted by atomic mass is 9.77. The van der Waals surface area contributed by atoms with Crippen molar-refractivity contribution in [2.45, 2.75) is 45.0 Å². The highest BCUT2D eigenvalue weighted by molar-refractivity contribution is 6.02. The smallest absolute Gasteiger partial charge is 0.278 e. The van der Waals surface area contributed by atoms with Crippen molar-refractivity contribution >= 4 is 16.8 Å². The Bertz CT molecular complexity index is 1660. The molecule has 0 unspecified atom stereocenters. The summed E-state index contributed by atoms with van der Waals surface area (Å²) in [6.45, 7) is 3.79. The van der Waals surface area contributed by atoms with Crippen LogP contribution in [0.15, 0.2) is 91.0 Å². The van der Waals surface area contributed by atoms with Gasteiger partial charge in [-0.1, -0.05) is 54.6 Å². The highest BCUT2D eigenvalue weighted by Gasteiger charge is 2.42. The van der Waals surface area contributed by atoms with Gasteiger partial charge in [0.15, 0.2) is 6.29 Å². The average molecular weight is 614 g/mol. The summed E-state index contributed by atoms with van der Waals surface area (Å²) in [6.07, 6.45) is 1.19. The first kappa shape index (κ1) is 30.9. The van der Waals surface area contributed by atoms with E-state index < -0.39 is 18.2 Å². The molecule has 6 rings (SSSR count). The fourth-order valence-corrected chi connectivity index (χ4v) is 6.72. The maximum Gasteiger partial charge on any atom is 0.278 e. The summed E-state index contributed by atoms with van der Waals surface area (Å²) in [5, 5.41) is 0. The molecule has 4 aromatic carbocycles. The van der Waals surface area contributed by atoms with Gasteiger partial charge in [-0.3, -0.25) is 0 Å². The third-order valence-electron chi connectivity index (χ3n) is 9.03. The molecule has 1 fully saturated rings. The Morgan fingerprint density at radius 1 is 0.844 bits per heavy atom. The number of ether oxygens (including phenoxy) is 3. The van der Waals surface area contributed by atoms with E-state index in [1.54, 1.807) is 39.3 Å². The molecule has 0 amide bonds. The molecule has 234 valence electrons. The fourth-order valence-electron chi connectivity index (χ4n) is 6.72. The Morgan fingerprint density at radius 2 is 1.53 bits per heavy atom. The number of nitrogens with zero attached hydrogens (tertiary/aromatic N) is 1. The number of anilines is 1. The molecule has 1 aliphatic heterocycles. The third kappa shape index (κ3) is 6.51. The maximum absolute atomic E-state index is 16.0. The lowest BCUT2D eigenvalue weighted by Gasteiger charge is -2.36. The van der Waals surface area contributed by atoms with Crippen molar-refractivity contribution in [1.29, 1.82) is 0 Å². The number of halogens is 3. The Labute approximate surface area is 263 Å². The number of aryl methyl sites for hydroxylation is 1. The van der Waals surface area contributed by atoms with Crippen molar-refractivity contribution in [3.8, 4) is 5.75 Å². The summed E-state index contributed by atoms with van der Waals surface area (Å²) in [6, 6.07) is 27.1. The number of fused-ring (bicyclic) bond motifs is 1. The third-order valence-corrected chi connectivity index (χ3v) is 9.03. The Balaban J connectivity index is 1.36. The van der Waals surface area contributed by atoms with E-state index in [4.69, 9.17) is 14.2 Å². The summed E-state index contributed by atoms with van der Waals surface area (Å²) in [7, 11) is 3.35. The van der Waals surface area contributed by atoms with Crippen molar-refractivity contribution < 1.29 is 27.4 Å². The zero-order valence-electron chi connectivity index (χ0n) is 25.9. The van der Waals surface area contributed by atoms with Gasteiger partial charge in [0.05, 0.1) is 0 Å². The molecule has 0 bridgehead atoms. The highest BCUT2D eigenvalue weighted by atomic mass is 19.3. The second kappa shape index (κ2) is 13.1. The zero-order valence-corrected chi connectivity index (χ0v) is 25.9. The predicted molar refractivity (Wildman–Crippen MR) is 172 cm³/mol. The summed E-state index contributed by atoms with van der Waals surface area (Å²) in [5.41, 5.74) is 5.73. The molecular weight excluding hydrogens is 575 g/mol. The molecule has 45 heavy (non-hydrogen) atoms. The average Bonchev–Trinajstić information content (AvgIpc) is 3.05. The number of allylic oxidation sites excluding steroid dienone is 1. The van der Waals surface area contributed by atoms with E-state index in [-0.39, 0.29) is 18.5 Å². The van der Waals surface area contributed by atoms with Gasteiger partial charge in [0.1, 0.15) is 18.2 Å². The molecule has 0 spiro atoms. The molecule has 0 N–H and O–H groups in total. The van der Waals surface area contributed by atoms with Crippen LogP contribution in [0.3, 0.4) is 0 Å². The monoisotopic (exact) mass is 613 g/mol. The zero-order chi connectivity index (χ0) is 31.6. The van der Waals surface area contributed by atoms with Crippen LogP contribution in [0.4, 0.5) is 18.9 Å². The van der Waals surface area contributed by atoms with Gasteiger partial charge < -0.3 is 19.1 Å². The molecule has 0 saturated carbocycles. The minimum Gasteiger partial charge on any atom is -0.489 e. The fraction of sp³-hybridized carbons (Fsp3) is 0.316. The number of piperidine rings is 1. The van der Waals surface area contributed by atoms with Crippen molar-refractivity contribution in [3.63, 3.8) is 0 Å². The molecule has 1 aliphatic carbocycles. The molecule has 1 saturated heterocycles. The van der Waals surface area contributed by atoms with Gasteiger partial charge in [0, 0.05) is 50.9 Å². The number of benzene rings is 4. The van der Waals surface area contributed by atoms with Gasteiger partial charge in [-0.25, -0.2) is 13.2 Å². The molecule has 2 aliphatic rings.